The number of carbonyl (C=O) groups is 1. The summed E-state index contributed by atoms with van der Waals surface area (Å²) in [7, 11) is 3.73. The maximum Gasteiger partial charge on any atom is 0.335 e. The minimum Gasteiger partial charge on any atom is -0.494 e. The Morgan fingerprint density at radius 1 is 1.21 bits per heavy atom. The minimum absolute atomic E-state index is 0.270. The highest BCUT2D eigenvalue weighted by molar-refractivity contribution is 5.87. The zero-order chi connectivity index (χ0) is 14.1. The first-order valence-corrected chi connectivity index (χ1v) is 6.27. The van der Waals surface area contributed by atoms with Gasteiger partial charge in [0.25, 0.3) is 0 Å². The molecule has 0 spiro atoms. The van der Waals surface area contributed by atoms with E-state index in [9.17, 15) is 4.79 Å². The lowest BCUT2D eigenvalue weighted by atomic mass is 10.2. The van der Waals surface area contributed by atoms with Crippen LogP contribution in [0.5, 0.6) is 5.75 Å². The van der Waals surface area contributed by atoms with Crippen molar-refractivity contribution in [2.45, 2.75) is 6.42 Å². The predicted octanol–water partition coefficient (Wildman–Crippen LogP) is 1.73. The quantitative estimate of drug-likeness (QED) is 0.690. The summed E-state index contributed by atoms with van der Waals surface area (Å²) in [5, 5.41) is 8.77. The molecule has 0 unspecified atom stereocenters. The number of rotatable bonds is 9. The van der Waals surface area contributed by atoms with Crippen LogP contribution in [-0.2, 0) is 4.74 Å². The van der Waals surface area contributed by atoms with Gasteiger partial charge in [-0.3, -0.25) is 0 Å². The fourth-order valence-corrected chi connectivity index (χ4v) is 1.58. The number of hydrogen-bond acceptors (Lipinski definition) is 4. The van der Waals surface area contributed by atoms with E-state index in [4.69, 9.17) is 14.6 Å². The summed E-state index contributed by atoms with van der Waals surface area (Å²) in [5.41, 5.74) is 0.270. The molecule has 5 heteroatoms. The number of hydrogen-bond donors (Lipinski definition) is 1. The third kappa shape index (κ3) is 6.22. The number of aromatic carboxylic acids is 1. The van der Waals surface area contributed by atoms with Crippen molar-refractivity contribution in [3.8, 4) is 5.75 Å². The van der Waals surface area contributed by atoms with Gasteiger partial charge >= 0.3 is 5.97 Å². The van der Waals surface area contributed by atoms with E-state index in [0.717, 1.165) is 26.1 Å². The van der Waals surface area contributed by atoms with E-state index in [-0.39, 0.29) is 5.56 Å². The number of carboxylic acids is 1. The summed E-state index contributed by atoms with van der Waals surface area (Å²) in [5.74, 6) is -0.226. The Bertz CT molecular complexity index is 378. The first kappa shape index (κ1) is 15.5. The van der Waals surface area contributed by atoms with Gasteiger partial charge < -0.3 is 19.5 Å². The summed E-state index contributed by atoms with van der Waals surface area (Å²) in [4.78, 5) is 12.9. The average molecular weight is 267 g/mol. The number of carboxylic acid groups (broad SMARTS) is 1. The van der Waals surface area contributed by atoms with Crippen molar-refractivity contribution in [2.24, 2.45) is 0 Å². The smallest absolute Gasteiger partial charge is 0.335 e. The zero-order valence-electron chi connectivity index (χ0n) is 11.5. The SMILES string of the molecule is COCCN(C)CCCOc1ccc(C(=O)O)cc1. The fourth-order valence-electron chi connectivity index (χ4n) is 1.58. The molecule has 1 rings (SSSR count). The molecule has 0 bridgehead atoms. The van der Waals surface area contributed by atoms with E-state index in [1.165, 1.54) is 0 Å². The first-order chi connectivity index (χ1) is 9.13. The molecule has 0 heterocycles. The lowest BCUT2D eigenvalue weighted by molar-refractivity contribution is 0.0697. The molecular formula is C14H21NO4. The van der Waals surface area contributed by atoms with Crippen LogP contribution in [0.4, 0.5) is 0 Å². The van der Waals surface area contributed by atoms with Crippen molar-refractivity contribution in [1.29, 1.82) is 0 Å². The molecule has 0 saturated carbocycles. The Labute approximate surface area is 113 Å². The summed E-state index contributed by atoms with van der Waals surface area (Å²) in [6, 6.07) is 6.45. The minimum atomic E-state index is -0.925. The van der Waals surface area contributed by atoms with E-state index in [1.54, 1.807) is 31.4 Å². The van der Waals surface area contributed by atoms with Gasteiger partial charge in [0.15, 0.2) is 0 Å². The van der Waals surface area contributed by atoms with Crippen molar-refractivity contribution < 1.29 is 19.4 Å². The monoisotopic (exact) mass is 267 g/mol. The highest BCUT2D eigenvalue weighted by Gasteiger charge is 2.02. The lowest BCUT2D eigenvalue weighted by Crippen LogP contribution is -2.25. The number of ether oxygens (including phenoxy) is 2. The molecule has 0 fully saturated rings. The van der Waals surface area contributed by atoms with Gasteiger partial charge in [0, 0.05) is 20.2 Å². The molecule has 0 saturated heterocycles. The molecule has 0 radical (unpaired) electrons. The second-order valence-electron chi connectivity index (χ2n) is 4.33. The van der Waals surface area contributed by atoms with Crippen molar-refractivity contribution >= 4 is 5.97 Å². The Kier molecular flexibility index (Phi) is 6.92. The molecule has 0 aromatic heterocycles. The Hall–Kier alpha value is -1.59. The van der Waals surface area contributed by atoms with Gasteiger partial charge in [-0.15, -0.1) is 0 Å². The molecule has 0 aliphatic rings. The standard InChI is InChI=1S/C14H21NO4/c1-15(9-11-18-2)8-3-10-19-13-6-4-12(5-7-13)14(16)17/h4-7H,3,8-11H2,1-2H3,(H,16,17). The number of benzene rings is 1. The van der Waals surface area contributed by atoms with E-state index in [1.807, 2.05) is 7.05 Å². The number of likely N-dealkylation sites (N-methyl/N-ethyl adjacent to an activating group) is 1. The average Bonchev–Trinajstić information content (AvgIpc) is 2.41. The van der Waals surface area contributed by atoms with Crippen LogP contribution in [0.25, 0.3) is 0 Å². The summed E-state index contributed by atoms with van der Waals surface area (Å²) in [6.07, 6.45) is 0.918. The number of nitrogens with zero attached hydrogens (tertiary/aromatic N) is 1. The van der Waals surface area contributed by atoms with E-state index >= 15 is 0 Å². The van der Waals surface area contributed by atoms with Gasteiger partial charge in [0.2, 0.25) is 0 Å². The molecule has 106 valence electrons. The highest BCUT2D eigenvalue weighted by atomic mass is 16.5. The summed E-state index contributed by atoms with van der Waals surface area (Å²) in [6.45, 7) is 3.19. The topological polar surface area (TPSA) is 59.0 Å². The van der Waals surface area contributed by atoms with Crippen LogP contribution in [-0.4, -0.2) is 56.4 Å². The molecule has 1 aromatic rings. The fraction of sp³-hybridized carbons (Fsp3) is 0.500. The predicted molar refractivity (Wildman–Crippen MR) is 72.9 cm³/mol. The van der Waals surface area contributed by atoms with Crippen LogP contribution < -0.4 is 4.74 Å². The molecule has 19 heavy (non-hydrogen) atoms. The second-order valence-corrected chi connectivity index (χ2v) is 4.33. The zero-order valence-corrected chi connectivity index (χ0v) is 11.5. The van der Waals surface area contributed by atoms with Gasteiger partial charge in [-0.25, -0.2) is 4.79 Å². The van der Waals surface area contributed by atoms with Gasteiger partial charge in [0.1, 0.15) is 5.75 Å². The number of methoxy groups -OCH3 is 1. The Morgan fingerprint density at radius 3 is 2.47 bits per heavy atom. The van der Waals surface area contributed by atoms with E-state index in [2.05, 4.69) is 4.90 Å². The van der Waals surface area contributed by atoms with Crippen LogP contribution in [0.3, 0.4) is 0 Å². The van der Waals surface area contributed by atoms with Crippen LogP contribution in [0.1, 0.15) is 16.8 Å². The van der Waals surface area contributed by atoms with Crippen molar-refractivity contribution in [3.63, 3.8) is 0 Å². The Morgan fingerprint density at radius 2 is 1.89 bits per heavy atom. The normalized spacial score (nSPS) is 10.7. The molecule has 0 atom stereocenters. The molecule has 5 nitrogen and oxygen atoms in total. The summed E-state index contributed by atoms with van der Waals surface area (Å²) < 4.78 is 10.5. The van der Waals surface area contributed by atoms with Gasteiger partial charge in [-0.1, -0.05) is 0 Å². The van der Waals surface area contributed by atoms with E-state index < -0.39 is 5.97 Å². The van der Waals surface area contributed by atoms with Crippen LogP contribution >= 0.6 is 0 Å². The highest BCUT2D eigenvalue weighted by Crippen LogP contribution is 2.12. The van der Waals surface area contributed by atoms with Crippen molar-refractivity contribution in [1.82, 2.24) is 4.90 Å². The van der Waals surface area contributed by atoms with Crippen LogP contribution in [0.2, 0.25) is 0 Å². The van der Waals surface area contributed by atoms with Gasteiger partial charge in [0.05, 0.1) is 18.8 Å². The second kappa shape index (κ2) is 8.50. The van der Waals surface area contributed by atoms with Gasteiger partial charge in [-0.2, -0.15) is 0 Å². The molecule has 0 aliphatic heterocycles. The third-order valence-electron chi connectivity index (χ3n) is 2.73. The largest absolute Gasteiger partial charge is 0.494 e. The maximum atomic E-state index is 10.7. The third-order valence-corrected chi connectivity index (χ3v) is 2.73. The Balaban J connectivity index is 2.20. The molecule has 0 amide bonds. The summed E-state index contributed by atoms with van der Waals surface area (Å²) >= 11 is 0. The van der Waals surface area contributed by atoms with E-state index in [0.29, 0.717) is 12.4 Å². The molecule has 1 aromatic carbocycles. The molecule has 0 aliphatic carbocycles. The molecule has 1 N–H and O–H groups in total. The molecular weight excluding hydrogens is 246 g/mol. The maximum absolute atomic E-state index is 10.7. The van der Waals surface area contributed by atoms with Crippen LogP contribution in [0, 0.1) is 0 Å². The first-order valence-electron chi connectivity index (χ1n) is 6.27. The lowest BCUT2D eigenvalue weighted by Gasteiger charge is -2.15. The van der Waals surface area contributed by atoms with Crippen molar-refractivity contribution in [3.05, 3.63) is 29.8 Å². The van der Waals surface area contributed by atoms with Crippen LogP contribution in [0.15, 0.2) is 24.3 Å². The van der Waals surface area contributed by atoms with Crippen molar-refractivity contribution in [2.75, 3.05) is 40.5 Å². The van der Waals surface area contributed by atoms with Gasteiger partial charge in [-0.05, 0) is 37.7 Å².